The van der Waals surface area contributed by atoms with Gasteiger partial charge in [-0.25, -0.2) is 0 Å². The second-order valence-corrected chi connectivity index (χ2v) is 7.49. The minimum Gasteiger partial charge on any atom is -0.493 e. The molecule has 0 aliphatic carbocycles. The van der Waals surface area contributed by atoms with Crippen molar-refractivity contribution in [1.82, 2.24) is 0 Å². The highest BCUT2D eigenvalue weighted by Crippen LogP contribution is 2.35. The minimum atomic E-state index is -0.306. The van der Waals surface area contributed by atoms with Gasteiger partial charge in [-0.2, -0.15) is 0 Å². The van der Waals surface area contributed by atoms with E-state index >= 15 is 0 Å². The summed E-state index contributed by atoms with van der Waals surface area (Å²) in [7, 11) is 4.57. The third-order valence-electron chi connectivity index (χ3n) is 5.55. The van der Waals surface area contributed by atoms with Gasteiger partial charge in [-0.15, -0.1) is 0 Å². The maximum atomic E-state index is 12.7. The number of benzene rings is 2. The fraction of sp³-hybridized carbons (Fsp3) is 0.391. The molecular formula is C23H29N2O5+. The van der Waals surface area contributed by atoms with Crippen LogP contribution in [0.1, 0.15) is 29.2 Å². The first-order valence-corrected chi connectivity index (χ1v) is 9.97. The Hall–Kier alpha value is -3.06. The zero-order valence-corrected chi connectivity index (χ0v) is 17.9. The minimum absolute atomic E-state index is 0.0901. The third kappa shape index (κ3) is 4.91. The molecule has 0 radical (unpaired) electrons. The Labute approximate surface area is 176 Å². The summed E-state index contributed by atoms with van der Waals surface area (Å²) in [6.07, 6.45) is 0.965. The first-order valence-electron chi connectivity index (χ1n) is 9.97. The molecule has 7 heteroatoms. The van der Waals surface area contributed by atoms with Gasteiger partial charge in [0.1, 0.15) is 12.5 Å². The zero-order valence-electron chi connectivity index (χ0n) is 17.9. The molecule has 0 saturated carbocycles. The summed E-state index contributed by atoms with van der Waals surface area (Å²) in [6, 6.07) is 11.4. The Kier molecular flexibility index (Phi) is 6.95. The highest BCUT2D eigenvalue weighted by Gasteiger charge is 2.35. The average Bonchev–Trinajstić information content (AvgIpc) is 2.75. The van der Waals surface area contributed by atoms with Gasteiger partial charge >= 0.3 is 5.97 Å². The normalized spacial score (nSPS) is 17.6. The molecule has 1 aliphatic heterocycles. The average molecular weight is 413 g/mol. The van der Waals surface area contributed by atoms with Crippen LogP contribution in [0, 0.1) is 6.92 Å². The van der Waals surface area contributed by atoms with Crippen molar-refractivity contribution >= 4 is 17.6 Å². The van der Waals surface area contributed by atoms with Crippen molar-refractivity contribution in [2.24, 2.45) is 0 Å². The first kappa shape index (κ1) is 21.6. The van der Waals surface area contributed by atoms with Gasteiger partial charge < -0.3 is 24.4 Å². The van der Waals surface area contributed by atoms with Crippen LogP contribution in [0.4, 0.5) is 5.69 Å². The van der Waals surface area contributed by atoms with E-state index in [0.29, 0.717) is 11.5 Å². The standard InChI is InChI=1S/C23H28N2O5/c1-15-5-7-17(8-6-15)24-22(26)14-25-10-9-16-11-20(28-2)21(29-3)12-18(16)19(25)13-23(27)30-4/h5-8,11-12,19H,9-10,13-14H2,1-4H3,(H,24,26)/p+1/t19-/m0/s1. The number of anilines is 1. The van der Waals surface area contributed by atoms with Crippen LogP contribution in [-0.4, -0.2) is 46.3 Å². The van der Waals surface area contributed by atoms with E-state index in [9.17, 15) is 9.59 Å². The summed E-state index contributed by atoms with van der Waals surface area (Å²) in [4.78, 5) is 25.9. The summed E-state index contributed by atoms with van der Waals surface area (Å²) in [6.45, 7) is 2.98. The highest BCUT2D eigenvalue weighted by molar-refractivity contribution is 5.91. The molecule has 160 valence electrons. The Morgan fingerprint density at radius 1 is 1.07 bits per heavy atom. The SMILES string of the molecule is COC(=O)C[C@H]1c2cc(OC)c(OC)cc2CC[NH+]1CC(=O)Nc1ccc(C)cc1. The van der Waals surface area contributed by atoms with Crippen LogP contribution in [0.3, 0.4) is 0 Å². The molecule has 0 aromatic heterocycles. The molecule has 1 unspecified atom stereocenters. The van der Waals surface area contributed by atoms with E-state index in [1.54, 1.807) is 14.2 Å². The molecule has 2 aromatic rings. The van der Waals surface area contributed by atoms with E-state index in [2.05, 4.69) is 5.32 Å². The molecule has 0 spiro atoms. The van der Waals surface area contributed by atoms with E-state index in [-0.39, 0.29) is 30.9 Å². The molecule has 0 saturated heterocycles. The lowest BCUT2D eigenvalue weighted by Gasteiger charge is -2.34. The molecule has 2 N–H and O–H groups in total. The van der Waals surface area contributed by atoms with Crippen molar-refractivity contribution in [1.29, 1.82) is 0 Å². The number of aryl methyl sites for hydroxylation is 1. The van der Waals surface area contributed by atoms with Gasteiger partial charge in [-0.3, -0.25) is 9.59 Å². The molecule has 7 nitrogen and oxygen atoms in total. The van der Waals surface area contributed by atoms with Crippen molar-refractivity contribution in [3.05, 3.63) is 53.1 Å². The van der Waals surface area contributed by atoms with Gasteiger partial charge in [-0.1, -0.05) is 17.7 Å². The van der Waals surface area contributed by atoms with Crippen LogP contribution in [-0.2, 0) is 20.7 Å². The smallest absolute Gasteiger partial charge is 0.311 e. The molecule has 30 heavy (non-hydrogen) atoms. The van der Waals surface area contributed by atoms with Crippen molar-refractivity contribution in [3.8, 4) is 11.5 Å². The van der Waals surface area contributed by atoms with Crippen LogP contribution in [0.15, 0.2) is 36.4 Å². The van der Waals surface area contributed by atoms with Crippen LogP contribution in [0.2, 0.25) is 0 Å². The number of fused-ring (bicyclic) bond motifs is 1. The highest BCUT2D eigenvalue weighted by atomic mass is 16.5. The first-order chi connectivity index (χ1) is 14.4. The third-order valence-corrected chi connectivity index (χ3v) is 5.55. The molecule has 0 fully saturated rings. The van der Waals surface area contributed by atoms with E-state index in [0.717, 1.165) is 40.2 Å². The number of carbonyl (C=O) groups is 2. The second-order valence-electron chi connectivity index (χ2n) is 7.49. The Bertz CT molecular complexity index is 911. The number of esters is 1. The molecule has 2 atom stereocenters. The fourth-order valence-electron chi connectivity index (χ4n) is 3.93. The predicted molar refractivity (Wildman–Crippen MR) is 113 cm³/mol. The lowest BCUT2D eigenvalue weighted by molar-refractivity contribution is -0.925. The van der Waals surface area contributed by atoms with Crippen LogP contribution in [0.25, 0.3) is 0 Å². The van der Waals surface area contributed by atoms with Gasteiger partial charge in [0.2, 0.25) is 0 Å². The van der Waals surface area contributed by atoms with E-state index in [1.165, 1.54) is 7.11 Å². The molecule has 1 aliphatic rings. The quantitative estimate of drug-likeness (QED) is 0.676. The van der Waals surface area contributed by atoms with Gasteiger partial charge in [0.05, 0.1) is 27.9 Å². The lowest BCUT2D eigenvalue weighted by Crippen LogP contribution is -3.14. The molecule has 1 heterocycles. The summed E-state index contributed by atoms with van der Waals surface area (Å²) >= 11 is 0. The number of hydrogen-bond donors (Lipinski definition) is 2. The van der Waals surface area contributed by atoms with Crippen molar-refractivity contribution in [3.63, 3.8) is 0 Å². The second kappa shape index (κ2) is 9.63. The van der Waals surface area contributed by atoms with Gasteiger partial charge in [0, 0.05) is 17.7 Å². The van der Waals surface area contributed by atoms with Crippen molar-refractivity contribution < 1.29 is 28.7 Å². The Morgan fingerprint density at radius 2 is 1.73 bits per heavy atom. The van der Waals surface area contributed by atoms with Gasteiger partial charge in [-0.05, 0) is 36.8 Å². The molecule has 1 amide bonds. The zero-order chi connectivity index (χ0) is 21.7. The number of hydrogen-bond acceptors (Lipinski definition) is 5. The van der Waals surface area contributed by atoms with E-state index < -0.39 is 0 Å². The number of rotatable bonds is 7. The van der Waals surface area contributed by atoms with Crippen LogP contribution >= 0.6 is 0 Å². The summed E-state index contributed by atoms with van der Waals surface area (Å²) < 4.78 is 15.8. The van der Waals surface area contributed by atoms with E-state index in [1.807, 2.05) is 43.3 Å². The number of nitrogens with one attached hydrogen (secondary N) is 2. The number of ether oxygens (including phenoxy) is 3. The van der Waals surface area contributed by atoms with Crippen LogP contribution < -0.4 is 19.7 Å². The summed E-state index contributed by atoms with van der Waals surface area (Å²) in [5.74, 6) is 0.872. The molecule has 3 rings (SSSR count). The molecule has 0 bridgehead atoms. The number of methoxy groups -OCH3 is 3. The number of quaternary nitrogens is 1. The number of amides is 1. The Morgan fingerprint density at radius 3 is 2.37 bits per heavy atom. The van der Waals surface area contributed by atoms with Gasteiger partial charge in [0.25, 0.3) is 5.91 Å². The van der Waals surface area contributed by atoms with Crippen LogP contribution in [0.5, 0.6) is 11.5 Å². The predicted octanol–water partition coefficient (Wildman–Crippen LogP) is 1.70. The molecular weight excluding hydrogens is 384 g/mol. The molecule has 2 aromatic carbocycles. The summed E-state index contributed by atoms with van der Waals surface area (Å²) in [5.41, 5.74) is 3.98. The van der Waals surface area contributed by atoms with Crippen molar-refractivity contribution in [2.45, 2.75) is 25.8 Å². The largest absolute Gasteiger partial charge is 0.493 e. The monoisotopic (exact) mass is 413 g/mol. The number of carbonyl (C=O) groups excluding carboxylic acids is 2. The van der Waals surface area contributed by atoms with E-state index in [4.69, 9.17) is 14.2 Å². The maximum Gasteiger partial charge on any atom is 0.311 e. The van der Waals surface area contributed by atoms with Crippen molar-refractivity contribution in [2.75, 3.05) is 39.7 Å². The van der Waals surface area contributed by atoms with Gasteiger partial charge in [0.15, 0.2) is 18.0 Å². The topological polar surface area (TPSA) is 78.3 Å². The maximum absolute atomic E-state index is 12.7. The lowest BCUT2D eigenvalue weighted by atomic mass is 9.90. The summed E-state index contributed by atoms with van der Waals surface area (Å²) in [5, 5.41) is 2.95. The fourth-order valence-corrected chi connectivity index (χ4v) is 3.93. The Balaban J connectivity index is 1.84.